The van der Waals surface area contributed by atoms with Crippen LogP contribution in [0.5, 0.6) is 5.75 Å². The Bertz CT molecular complexity index is 911. The van der Waals surface area contributed by atoms with Crippen molar-refractivity contribution in [1.29, 1.82) is 0 Å². The highest BCUT2D eigenvalue weighted by atomic mass is 16.5. The van der Waals surface area contributed by atoms with E-state index in [-0.39, 0.29) is 24.6 Å². The standard InChI is InChI=1S/C16H17N5O4/c17-14-13-16(19-7-18-14)21(12-5-10(24)11(6-22)25-12)15(20-13)8-1-3-9(23)4-2-8/h1-4,7,10-12,22-24H,5-6H2,(H2,17,18,19). The summed E-state index contributed by atoms with van der Waals surface area (Å²) in [7, 11) is 0. The van der Waals surface area contributed by atoms with Crippen molar-refractivity contribution in [2.24, 2.45) is 0 Å². The molecule has 0 aliphatic carbocycles. The molecule has 3 unspecified atom stereocenters. The zero-order valence-electron chi connectivity index (χ0n) is 13.1. The highest BCUT2D eigenvalue weighted by Gasteiger charge is 2.37. The molecule has 1 fully saturated rings. The van der Waals surface area contributed by atoms with E-state index in [0.29, 0.717) is 17.0 Å². The second kappa shape index (κ2) is 5.96. The smallest absolute Gasteiger partial charge is 0.168 e. The maximum atomic E-state index is 10.1. The number of nitrogens with zero attached hydrogens (tertiary/aromatic N) is 4. The quantitative estimate of drug-likeness (QED) is 0.536. The van der Waals surface area contributed by atoms with Crippen LogP contribution in [0.1, 0.15) is 12.6 Å². The molecule has 25 heavy (non-hydrogen) atoms. The van der Waals surface area contributed by atoms with E-state index in [1.807, 2.05) is 0 Å². The molecule has 3 aromatic rings. The van der Waals surface area contributed by atoms with Gasteiger partial charge in [-0.05, 0) is 24.3 Å². The Morgan fingerprint density at radius 1 is 1.24 bits per heavy atom. The van der Waals surface area contributed by atoms with Gasteiger partial charge in [0, 0.05) is 12.0 Å². The highest BCUT2D eigenvalue weighted by Crippen LogP contribution is 2.36. The number of phenols is 1. The minimum Gasteiger partial charge on any atom is -0.508 e. The first-order chi connectivity index (χ1) is 12.1. The maximum absolute atomic E-state index is 10.1. The fourth-order valence-corrected chi connectivity index (χ4v) is 3.05. The number of aromatic hydroxyl groups is 1. The molecule has 1 saturated heterocycles. The third-order valence-corrected chi connectivity index (χ3v) is 4.30. The number of hydrogen-bond donors (Lipinski definition) is 4. The number of rotatable bonds is 3. The largest absolute Gasteiger partial charge is 0.508 e. The monoisotopic (exact) mass is 343 g/mol. The van der Waals surface area contributed by atoms with Crippen LogP contribution in [-0.2, 0) is 4.74 Å². The number of ether oxygens (including phenoxy) is 1. The molecular formula is C16H17N5O4. The summed E-state index contributed by atoms with van der Waals surface area (Å²) in [6.45, 7) is -0.282. The first kappa shape index (κ1) is 15.8. The number of aliphatic hydroxyl groups excluding tert-OH is 2. The molecule has 4 rings (SSSR count). The van der Waals surface area contributed by atoms with E-state index in [9.17, 15) is 15.3 Å². The van der Waals surface area contributed by atoms with E-state index in [1.54, 1.807) is 28.8 Å². The fourth-order valence-electron chi connectivity index (χ4n) is 3.05. The van der Waals surface area contributed by atoms with Crippen LogP contribution < -0.4 is 5.73 Å². The predicted octanol–water partition coefficient (Wildman–Crippen LogP) is 0.422. The van der Waals surface area contributed by atoms with Gasteiger partial charge in [0.05, 0.1) is 12.7 Å². The van der Waals surface area contributed by atoms with Crippen molar-refractivity contribution in [2.45, 2.75) is 24.9 Å². The van der Waals surface area contributed by atoms with Gasteiger partial charge in [0.15, 0.2) is 17.0 Å². The van der Waals surface area contributed by atoms with Crippen LogP contribution in [0, 0.1) is 0 Å². The lowest BCUT2D eigenvalue weighted by atomic mass is 10.1. The number of aliphatic hydroxyl groups is 2. The van der Waals surface area contributed by atoms with Crippen LogP contribution in [0.25, 0.3) is 22.6 Å². The van der Waals surface area contributed by atoms with Gasteiger partial charge in [-0.3, -0.25) is 4.57 Å². The number of aromatic nitrogens is 4. The summed E-state index contributed by atoms with van der Waals surface area (Å²) in [6.07, 6.45) is -0.402. The number of imidazole rings is 1. The molecule has 3 atom stereocenters. The lowest BCUT2D eigenvalue weighted by Crippen LogP contribution is -2.24. The van der Waals surface area contributed by atoms with Gasteiger partial charge in [-0.1, -0.05) is 0 Å². The third-order valence-electron chi connectivity index (χ3n) is 4.30. The first-order valence-corrected chi connectivity index (χ1v) is 7.80. The zero-order valence-corrected chi connectivity index (χ0v) is 13.1. The summed E-state index contributed by atoms with van der Waals surface area (Å²) in [5.41, 5.74) is 7.55. The fraction of sp³-hybridized carbons (Fsp3) is 0.312. The number of hydrogen-bond acceptors (Lipinski definition) is 8. The van der Waals surface area contributed by atoms with Crippen LogP contribution in [0.4, 0.5) is 5.82 Å². The molecular weight excluding hydrogens is 326 g/mol. The van der Waals surface area contributed by atoms with Crippen molar-refractivity contribution >= 4 is 17.0 Å². The van der Waals surface area contributed by atoms with Crippen LogP contribution >= 0.6 is 0 Å². The van der Waals surface area contributed by atoms with Gasteiger partial charge >= 0.3 is 0 Å². The van der Waals surface area contributed by atoms with Crippen LogP contribution in [-0.4, -0.2) is 53.7 Å². The molecule has 130 valence electrons. The second-order valence-electron chi connectivity index (χ2n) is 5.90. The lowest BCUT2D eigenvalue weighted by molar-refractivity contribution is -0.0426. The summed E-state index contributed by atoms with van der Waals surface area (Å²) in [4.78, 5) is 12.8. The van der Waals surface area contributed by atoms with Gasteiger partial charge < -0.3 is 25.8 Å². The van der Waals surface area contributed by atoms with E-state index in [0.717, 1.165) is 5.56 Å². The molecule has 1 aliphatic rings. The number of fused-ring (bicyclic) bond motifs is 1. The molecule has 5 N–H and O–H groups in total. The molecule has 1 aliphatic heterocycles. The average molecular weight is 343 g/mol. The molecule has 3 heterocycles. The SMILES string of the molecule is Nc1ncnc2c1nc(-c1ccc(O)cc1)n2C1CC(O)C(CO)O1. The first-order valence-electron chi connectivity index (χ1n) is 7.80. The van der Waals surface area contributed by atoms with E-state index >= 15 is 0 Å². The number of nitrogen functional groups attached to an aromatic ring is 1. The molecule has 2 aromatic heterocycles. The van der Waals surface area contributed by atoms with Gasteiger partial charge in [-0.15, -0.1) is 0 Å². The average Bonchev–Trinajstić information content (AvgIpc) is 3.16. The second-order valence-corrected chi connectivity index (χ2v) is 5.90. The van der Waals surface area contributed by atoms with Crippen molar-refractivity contribution in [1.82, 2.24) is 19.5 Å². The van der Waals surface area contributed by atoms with E-state index < -0.39 is 18.4 Å². The zero-order chi connectivity index (χ0) is 17.6. The predicted molar refractivity (Wildman–Crippen MR) is 88.5 cm³/mol. The molecule has 1 aromatic carbocycles. The molecule has 9 heteroatoms. The highest BCUT2D eigenvalue weighted by molar-refractivity contribution is 5.85. The summed E-state index contributed by atoms with van der Waals surface area (Å²) in [5.74, 6) is 0.901. The minimum atomic E-state index is -0.792. The van der Waals surface area contributed by atoms with Gasteiger partial charge in [-0.25, -0.2) is 15.0 Å². The lowest BCUT2D eigenvalue weighted by Gasteiger charge is -2.16. The van der Waals surface area contributed by atoms with E-state index in [4.69, 9.17) is 10.5 Å². The van der Waals surface area contributed by atoms with Gasteiger partial charge in [-0.2, -0.15) is 0 Å². The summed E-state index contributed by atoms with van der Waals surface area (Å²) < 4.78 is 7.51. The third kappa shape index (κ3) is 2.58. The molecule has 0 saturated carbocycles. The van der Waals surface area contributed by atoms with Crippen molar-refractivity contribution in [3.8, 4) is 17.1 Å². The maximum Gasteiger partial charge on any atom is 0.168 e. The molecule has 0 bridgehead atoms. The Balaban J connectivity index is 1.90. The number of nitrogens with two attached hydrogens (primary N) is 1. The summed E-state index contributed by atoms with van der Waals surface area (Å²) in [5, 5.41) is 28.9. The summed E-state index contributed by atoms with van der Waals surface area (Å²) in [6, 6.07) is 6.53. The van der Waals surface area contributed by atoms with Gasteiger partial charge in [0.1, 0.15) is 30.2 Å². The molecule has 0 radical (unpaired) electrons. The Hall–Kier alpha value is -2.75. The van der Waals surface area contributed by atoms with Crippen LogP contribution in [0.15, 0.2) is 30.6 Å². The Kier molecular flexibility index (Phi) is 3.75. The summed E-state index contributed by atoms with van der Waals surface area (Å²) >= 11 is 0. The molecule has 9 nitrogen and oxygen atoms in total. The van der Waals surface area contributed by atoms with Crippen molar-refractivity contribution in [3.63, 3.8) is 0 Å². The molecule has 0 spiro atoms. The normalized spacial score (nSPS) is 23.4. The van der Waals surface area contributed by atoms with Crippen molar-refractivity contribution in [3.05, 3.63) is 30.6 Å². The number of phenolic OH excluding ortho intramolecular Hbond substituents is 1. The topological polar surface area (TPSA) is 140 Å². The van der Waals surface area contributed by atoms with Gasteiger partial charge in [0.25, 0.3) is 0 Å². The Morgan fingerprint density at radius 3 is 2.68 bits per heavy atom. The van der Waals surface area contributed by atoms with Gasteiger partial charge in [0.2, 0.25) is 0 Å². The van der Waals surface area contributed by atoms with Crippen molar-refractivity contribution < 1.29 is 20.1 Å². The number of anilines is 1. The molecule has 0 amide bonds. The van der Waals surface area contributed by atoms with Crippen LogP contribution in [0.3, 0.4) is 0 Å². The Labute approximate surface area is 142 Å². The Morgan fingerprint density at radius 2 is 2.00 bits per heavy atom. The van der Waals surface area contributed by atoms with Crippen molar-refractivity contribution in [2.75, 3.05) is 12.3 Å². The number of benzene rings is 1. The van der Waals surface area contributed by atoms with Crippen LogP contribution in [0.2, 0.25) is 0 Å². The minimum absolute atomic E-state index is 0.138. The van der Waals surface area contributed by atoms with E-state index in [1.165, 1.54) is 6.33 Å². The van der Waals surface area contributed by atoms with E-state index in [2.05, 4.69) is 15.0 Å².